The highest BCUT2D eigenvalue weighted by molar-refractivity contribution is 9.10. The number of likely N-dealkylation sites (tertiary alicyclic amines) is 1. The summed E-state index contributed by atoms with van der Waals surface area (Å²) >= 11 is 3.44. The second kappa shape index (κ2) is 7.07. The van der Waals surface area contributed by atoms with Crippen LogP contribution in [0.5, 0.6) is 0 Å². The predicted molar refractivity (Wildman–Crippen MR) is 96.2 cm³/mol. The number of aryl methyl sites for hydroxylation is 1. The number of carboxylic acids is 1. The molecule has 1 aromatic heterocycles. The molecule has 2 aromatic rings. The van der Waals surface area contributed by atoms with Crippen LogP contribution in [0.15, 0.2) is 34.9 Å². The van der Waals surface area contributed by atoms with Gasteiger partial charge in [-0.3, -0.25) is 9.69 Å². The molecule has 1 aliphatic heterocycles. The first-order valence-electron chi connectivity index (χ1n) is 8.22. The number of benzene rings is 1. The van der Waals surface area contributed by atoms with Crippen LogP contribution in [0, 0.1) is 12.8 Å². The number of hydrogen-bond acceptors (Lipinski definition) is 3. The zero-order chi connectivity index (χ0) is 17.3. The molecule has 0 aliphatic carbocycles. The van der Waals surface area contributed by atoms with Crippen molar-refractivity contribution >= 4 is 21.9 Å². The van der Waals surface area contributed by atoms with Gasteiger partial charge in [0.25, 0.3) is 0 Å². The van der Waals surface area contributed by atoms with E-state index < -0.39 is 5.97 Å². The van der Waals surface area contributed by atoms with Crippen LogP contribution in [0.1, 0.15) is 31.0 Å². The molecule has 2 atom stereocenters. The van der Waals surface area contributed by atoms with Gasteiger partial charge < -0.3 is 5.11 Å². The van der Waals surface area contributed by atoms with E-state index in [9.17, 15) is 9.90 Å². The fourth-order valence-corrected chi connectivity index (χ4v) is 3.46. The normalized spacial score (nSPS) is 21.8. The summed E-state index contributed by atoms with van der Waals surface area (Å²) in [7, 11) is 0. The number of aliphatic carboxylic acids is 1. The SMILES string of the molecule is Cc1nn(-c2ccc(Br)cc2)cc1CN1CC(C(=O)O)CCC1C. The summed E-state index contributed by atoms with van der Waals surface area (Å²) in [5.41, 5.74) is 3.15. The van der Waals surface area contributed by atoms with Gasteiger partial charge in [-0.15, -0.1) is 0 Å². The van der Waals surface area contributed by atoms with Crippen molar-refractivity contribution in [2.75, 3.05) is 6.54 Å². The molecule has 1 aromatic carbocycles. The minimum atomic E-state index is -0.686. The Kier molecular flexibility index (Phi) is 5.06. The molecule has 2 heterocycles. The van der Waals surface area contributed by atoms with E-state index in [1.807, 2.05) is 35.9 Å². The van der Waals surface area contributed by atoms with Gasteiger partial charge in [-0.1, -0.05) is 15.9 Å². The molecular weight excluding hydrogens is 370 g/mol. The summed E-state index contributed by atoms with van der Waals surface area (Å²) in [4.78, 5) is 13.6. The van der Waals surface area contributed by atoms with Crippen molar-refractivity contribution in [1.82, 2.24) is 14.7 Å². The Morgan fingerprint density at radius 1 is 1.33 bits per heavy atom. The molecule has 1 aliphatic rings. The van der Waals surface area contributed by atoms with Gasteiger partial charge in [0.05, 0.1) is 17.3 Å². The van der Waals surface area contributed by atoms with Gasteiger partial charge in [0.1, 0.15) is 0 Å². The number of carbonyl (C=O) groups is 1. The zero-order valence-electron chi connectivity index (χ0n) is 13.9. The second-order valence-corrected chi connectivity index (χ2v) is 7.47. The highest BCUT2D eigenvalue weighted by Crippen LogP contribution is 2.25. The van der Waals surface area contributed by atoms with Crippen molar-refractivity contribution in [2.45, 2.75) is 39.3 Å². The van der Waals surface area contributed by atoms with Crippen LogP contribution in [0.3, 0.4) is 0 Å². The molecule has 0 spiro atoms. The average molecular weight is 392 g/mol. The second-order valence-electron chi connectivity index (χ2n) is 6.55. The Bertz CT molecular complexity index is 726. The van der Waals surface area contributed by atoms with Crippen molar-refractivity contribution in [2.24, 2.45) is 5.92 Å². The van der Waals surface area contributed by atoms with Crippen LogP contribution in [0.25, 0.3) is 5.69 Å². The molecule has 0 amide bonds. The van der Waals surface area contributed by atoms with Crippen LogP contribution in [0.2, 0.25) is 0 Å². The van der Waals surface area contributed by atoms with Crippen LogP contribution in [-0.4, -0.2) is 38.3 Å². The first kappa shape index (κ1) is 17.2. The van der Waals surface area contributed by atoms with Gasteiger partial charge in [0.15, 0.2) is 0 Å². The topological polar surface area (TPSA) is 58.4 Å². The number of nitrogens with zero attached hydrogens (tertiary/aromatic N) is 3. The lowest BCUT2D eigenvalue weighted by molar-refractivity contribution is -0.144. The van der Waals surface area contributed by atoms with Gasteiger partial charge in [0, 0.05) is 35.4 Å². The molecule has 0 radical (unpaired) electrons. The molecule has 6 heteroatoms. The van der Waals surface area contributed by atoms with Crippen LogP contribution in [-0.2, 0) is 11.3 Å². The molecule has 0 bridgehead atoms. The highest BCUT2D eigenvalue weighted by atomic mass is 79.9. The van der Waals surface area contributed by atoms with E-state index >= 15 is 0 Å². The van der Waals surface area contributed by atoms with E-state index in [-0.39, 0.29) is 5.92 Å². The summed E-state index contributed by atoms with van der Waals surface area (Å²) < 4.78 is 2.93. The predicted octanol–water partition coefficient (Wildman–Crippen LogP) is 3.63. The third kappa shape index (κ3) is 3.70. The third-order valence-electron chi connectivity index (χ3n) is 4.83. The fraction of sp³-hybridized carbons (Fsp3) is 0.444. The van der Waals surface area contributed by atoms with Crippen LogP contribution in [0.4, 0.5) is 0 Å². The number of aromatic nitrogens is 2. The van der Waals surface area contributed by atoms with Crippen molar-refractivity contribution < 1.29 is 9.90 Å². The Balaban J connectivity index is 1.77. The number of piperidine rings is 1. The summed E-state index contributed by atoms with van der Waals surface area (Å²) in [6, 6.07) is 8.43. The fourth-order valence-electron chi connectivity index (χ4n) is 3.20. The third-order valence-corrected chi connectivity index (χ3v) is 5.35. The monoisotopic (exact) mass is 391 g/mol. The smallest absolute Gasteiger partial charge is 0.307 e. The van der Waals surface area contributed by atoms with Gasteiger partial charge in [-0.25, -0.2) is 4.68 Å². The van der Waals surface area contributed by atoms with E-state index in [1.54, 1.807) is 0 Å². The van der Waals surface area contributed by atoms with E-state index in [0.29, 0.717) is 12.6 Å². The summed E-state index contributed by atoms with van der Waals surface area (Å²) in [5, 5.41) is 13.9. The maximum atomic E-state index is 11.3. The van der Waals surface area contributed by atoms with E-state index in [1.165, 1.54) is 0 Å². The number of halogens is 1. The lowest BCUT2D eigenvalue weighted by atomic mass is 9.93. The maximum absolute atomic E-state index is 11.3. The average Bonchev–Trinajstić information content (AvgIpc) is 2.91. The van der Waals surface area contributed by atoms with Crippen molar-refractivity contribution in [1.29, 1.82) is 0 Å². The number of rotatable bonds is 4. The summed E-state index contributed by atoms with van der Waals surface area (Å²) in [5.74, 6) is -0.947. The Morgan fingerprint density at radius 3 is 2.71 bits per heavy atom. The zero-order valence-corrected chi connectivity index (χ0v) is 15.5. The summed E-state index contributed by atoms with van der Waals surface area (Å²) in [6.45, 7) is 5.53. The minimum absolute atomic E-state index is 0.261. The summed E-state index contributed by atoms with van der Waals surface area (Å²) in [6.07, 6.45) is 3.75. The van der Waals surface area contributed by atoms with E-state index in [4.69, 9.17) is 0 Å². The Morgan fingerprint density at radius 2 is 2.04 bits per heavy atom. The van der Waals surface area contributed by atoms with Gasteiger partial charge in [0.2, 0.25) is 0 Å². The first-order valence-corrected chi connectivity index (χ1v) is 9.01. The number of carboxylic acid groups (broad SMARTS) is 1. The number of hydrogen-bond donors (Lipinski definition) is 1. The Hall–Kier alpha value is -1.66. The van der Waals surface area contributed by atoms with Crippen molar-refractivity contribution in [3.63, 3.8) is 0 Å². The molecular formula is C18H22BrN3O2. The quantitative estimate of drug-likeness (QED) is 0.864. The van der Waals surface area contributed by atoms with E-state index in [2.05, 4.69) is 39.0 Å². The van der Waals surface area contributed by atoms with Crippen molar-refractivity contribution in [3.8, 4) is 5.69 Å². The minimum Gasteiger partial charge on any atom is -0.481 e. The standard InChI is InChI=1S/C18H22BrN3O2/c1-12-3-4-14(18(23)24)9-21(12)10-15-11-22(20-13(15)2)17-7-5-16(19)6-8-17/h5-8,11-12,14H,3-4,9-10H2,1-2H3,(H,23,24). The lowest BCUT2D eigenvalue weighted by Gasteiger charge is -2.36. The van der Waals surface area contributed by atoms with Gasteiger partial charge in [-0.05, 0) is 51.0 Å². The molecule has 1 fully saturated rings. The van der Waals surface area contributed by atoms with Crippen molar-refractivity contribution in [3.05, 3.63) is 46.2 Å². The first-order chi connectivity index (χ1) is 11.4. The molecule has 24 heavy (non-hydrogen) atoms. The van der Waals surface area contributed by atoms with Crippen LogP contribution >= 0.6 is 15.9 Å². The highest BCUT2D eigenvalue weighted by Gasteiger charge is 2.30. The Labute approximate surface area is 150 Å². The van der Waals surface area contributed by atoms with Crippen LogP contribution < -0.4 is 0 Å². The van der Waals surface area contributed by atoms with E-state index in [0.717, 1.165) is 40.8 Å². The van der Waals surface area contributed by atoms with Gasteiger partial charge >= 0.3 is 5.97 Å². The molecule has 128 valence electrons. The lowest BCUT2D eigenvalue weighted by Crippen LogP contribution is -2.43. The molecule has 1 saturated heterocycles. The molecule has 1 N–H and O–H groups in total. The molecule has 2 unspecified atom stereocenters. The maximum Gasteiger partial charge on any atom is 0.307 e. The molecule has 3 rings (SSSR count). The largest absolute Gasteiger partial charge is 0.481 e. The molecule has 5 nitrogen and oxygen atoms in total. The molecule has 0 saturated carbocycles. The van der Waals surface area contributed by atoms with Gasteiger partial charge in [-0.2, -0.15) is 5.10 Å².